The Hall–Kier alpha value is -1.82. The van der Waals surface area contributed by atoms with Crippen LogP contribution in [0.2, 0.25) is 0 Å². The van der Waals surface area contributed by atoms with Crippen molar-refractivity contribution < 1.29 is 19.0 Å². The van der Waals surface area contributed by atoms with Crippen LogP contribution in [0.5, 0.6) is 5.75 Å². The van der Waals surface area contributed by atoms with E-state index < -0.39 is 18.0 Å². The summed E-state index contributed by atoms with van der Waals surface area (Å²) in [4.78, 5) is 11.9. The number of nitrogens with one attached hydrogen (secondary N) is 2. The van der Waals surface area contributed by atoms with E-state index in [1.165, 1.54) is 18.2 Å². The number of hydrogen-bond donors (Lipinski definition) is 3. The van der Waals surface area contributed by atoms with Crippen molar-refractivity contribution in [1.29, 1.82) is 0 Å². The first kappa shape index (κ1) is 17.5. The van der Waals surface area contributed by atoms with Gasteiger partial charge in [0.2, 0.25) is 0 Å². The third-order valence-electron chi connectivity index (χ3n) is 3.86. The standard InChI is InChI=1S/C17H25FN2O3/c1-11(2)15(21)7-8-19-17(22)20-14-6-5-13(18)9-16(14)23-10-12-3-4-12/h5-6,9,11-12,15,21H,3-4,7-8,10H2,1-2H3,(H2,19,20,22). The van der Waals surface area contributed by atoms with Gasteiger partial charge in [0.25, 0.3) is 0 Å². The number of aliphatic hydroxyl groups excluding tert-OH is 1. The van der Waals surface area contributed by atoms with Crippen molar-refractivity contribution in [3.8, 4) is 5.75 Å². The molecule has 1 saturated carbocycles. The summed E-state index contributed by atoms with van der Waals surface area (Å²) >= 11 is 0. The Morgan fingerprint density at radius 2 is 2.17 bits per heavy atom. The number of ether oxygens (including phenoxy) is 1. The highest BCUT2D eigenvalue weighted by atomic mass is 19.1. The molecule has 0 bridgehead atoms. The summed E-state index contributed by atoms with van der Waals surface area (Å²) in [7, 11) is 0. The summed E-state index contributed by atoms with van der Waals surface area (Å²) in [6.07, 6.45) is 2.31. The van der Waals surface area contributed by atoms with Crippen LogP contribution in [0.3, 0.4) is 0 Å². The highest BCUT2D eigenvalue weighted by molar-refractivity contribution is 5.90. The van der Waals surface area contributed by atoms with E-state index >= 15 is 0 Å². The molecule has 1 fully saturated rings. The Kier molecular flexibility index (Phi) is 6.21. The Morgan fingerprint density at radius 3 is 2.83 bits per heavy atom. The maximum absolute atomic E-state index is 13.4. The summed E-state index contributed by atoms with van der Waals surface area (Å²) in [5, 5.41) is 15.0. The highest BCUT2D eigenvalue weighted by Crippen LogP contribution is 2.32. The molecule has 2 rings (SSSR count). The van der Waals surface area contributed by atoms with Crippen molar-refractivity contribution in [1.82, 2.24) is 5.32 Å². The molecule has 0 spiro atoms. The van der Waals surface area contributed by atoms with Gasteiger partial charge in [-0.1, -0.05) is 13.8 Å². The molecule has 6 heteroatoms. The molecule has 2 amide bonds. The highest BCUT2D eigenvalue weighted by Gasteiger charge is 2.22. The monoisotopic (exact) mass is 324 g/mol. The van der Waals surface area contributed by atoms with E-state index in [1.807, 2.05) is 13.8 Å². The molecule has 0 radical (unpaired) electrons. The molecule has 1 aliphatic carbocycles. The van der Waals surface area contributed by atoms with Crippen LogP contribution in [-0.4, -0.2) is 30.4 Å². The maximum atomic E-state index is 13.4. The Morgan fingerprint density at radius 1 is 1.43 bits per heavy atom. The van der Waals surface area contributed by atoms with E-state index in [2.05, 4.69) is 10.6 Å². The summed E-state index contributed by atoms with van der Waals surface area (Å²) in [6.45, 7) is 4.75. The van der Waals surface area contributed by atoms with Gasteiger partial charge in [0.1, 0.15) is 11.6 Å². The van der Waals surface area contributed by atoms with Crippen molar-refractivity contribution >= 4 is 11.7 Å². The maximum Gasteiger partial charge on any atom is 0.319 e. The lowest BCUT2D eigenvalue weighted by Crippen LogP contribution is -2.32. The minimum atomic E-state index is -0.446. The minimum absolute atomic E-state index is 0.152. The molecular weight excluding hydrogens is 299 g/mol. The number of urea groups is 1. The third kappa shape index (κ3) is 6.06. The average molecular weight is 324 g/mol. The zero-order chi connectivity index (χ0) is 16.8. The van der Waals surface area contributed by atoms with Gasteiger partial charge in [0.05, 0.1) is 18.4 Å². The Balaban J connectivity index is 1.84. The average Bonchev–Trinajstić information content (AvgIpc) is 3.31. The molecule has 0 saturated heterocycles. The van der Waals surface area contributed by atoms with E-state index in [1.54, 1.807) is 0 Å². The summed E-state index contributed by atoms with van der Waals surface area (Å²) in [5.74, 6) is 0.632. The molecule has 1 atom stereocenters. The second-order valence-corrected chi connectivity index (χ2v) is 6.38. The third-order valence-corrected chi connectivity index (χ3v) is 3.86. The van der Waals surface area contributed by atoms with E-state index in [4.69, 9.17) is 4.74 Å². The molecule has 0 aliphatic heterocycles. The normalized spacial score (nSPS) is 15.3. The van der Waals surface area contributed by atoms with Crippen LogP contribution in [0.25, 0.3) is 0 Å². The molecule has 1 aromatic rings. The first-order chi connectivity index (χ1) is 11.0. The van der Waals surface area contributed by atoms with Gasteiger partial charge in [-0.25, -0.2) is 9.18 Å². The lowest BCUT2D eigenvalue weighted by atomic mass is 10.0. The molecule has 5 nitrogen and oxygen atoms in total. The molecule has 0 heterocycles. The predicted molar refractivity (Wildman–Crippen MR) is 87.1 cm³/mol. The number of amides is 2. The van der Waals surface area contributed by atoms with Crippen LogP contribution in [0.4, 0.5) is 14.9 Å². The van der Waals surface area contributed by atoms with E-state index in [0.717, 1.165) is 12.8 Å². The molecule has 3 N–H and O–H groups in total. The van der Waals surface area contributed by atoms with Crippen LogP contribution in [0, 0.1) is 17.7 Å². The van der Waals surface area contributed by atoms with Crippen molar-refractivity contribution in [3.05, 3.63) is 24.0 Å². The van der Waals surface area contributed by atoms with Gasteiger partial charge < -0.3 is 20.5 Å². The quantitative estimate of drug-likeness (QED) is 0.688. The van der Waals surface area contributed by atoms with Gasteiger partial charge in [-0.3, -0.25) is 0 Å². The Labute approximate surface area is 136 Å². The van der Waals surface area contributed by atoms with Crippen molar-refractivity contribution in [3.63, 3.8) is 0 Å². The lowest BCUT2D eigenvalue weighted by molar-refractivity contribution is 0.117. The van der Waals surface area contributed by atoms with Gasteiger partial charge in [-0.2, -0.15) is 0 Å². The molecule has 1 aliphatic rings. The minimum Gasteiger partial charge on any atom is -0.491 e. The van der Waals surface area contributed by atoms with Gasteiger partial charge in [0.15, 0.2) is 0 Å². The smallest absolute Gasteiger partial charge is 0.319 e. The van der Waals surface area contributed by atoms with Gasteiger partial charge in [0, 0.05) is 12.6 Å². The van der Waals surface area contributed by atoms with Crippen LogP contribution >= 0.6 is 0 Å². The molecule has 128 valence electrons. The van der Waals surface area contributed by atoms with Crippen molar-refractivity contribution in [2.75, 3.05) is 18.5 Å². The van der Waals surface area contributed by atoms with E-state index in [9.17, 15) is 14.3 Å². The summed E-state index contributed by atoms with van der Waals surface area (Å²) < 4.78 is 19.0. The van der Waals surface area contributed by atoms with Crippen LogP contribution in [0.1, 0.15) is 33.1 Å². The van der Waals surface area contributed by atoms with Gasteiger partial charge in [-0.15, -0.1) is 0 Å². The van der Waals surface area contributed by atoms with Crippen molar-refractivity contribution in [2.24, 2.45) is 11.8 Å². The summed E-state index contributed by atoms with van der Waals surface area (Å²) in [5.41, 5.74) is 0.439. The largest absolute Gasteiger partial charge is 0.491 e. The number of halogens is 1. The van der Waals surface area contributed by atoms with E-state index in [-0.39, 0.29) is 5.92 Å². The molecule has 1 aromatic carbocycles. The van der Waals surface area contributed by atoms with Crippen molar-refractivity contribution in [2.45, 2.75) is 39.2 Å². The second-order valence-electron chi connectivity index (χ2n) is 6.38. The zero-order valence-electron chi connectivity index (χ0n) is 13.6. The molecule has 1 unspecified atom stereocenters. The number of anilines is 1. The fraction of sp³-hybridized carbons (Fsp3) is 0.588. The SMILES string of the molecule is CC(C)C(O)CCNC(=O)Nc1ccc(F)cc1OCC1CC1. The topological polar surface area (TPSA) is 70.6 Å². The van der Waals surface area contributed by atoms with E-state index in [0.29, 0.717) is 36.9 Å². The van der Waals surface area contributed by atoms with Crippen LogP contribution < -0.4 is 15.4 Å². The predicted octanol–water partition coefficient (Wildman–Crippen LogP) is 3.14. The number of rotatable bonds is 8. The molecule has 23 heavy (non-hydrogen) atoms. The van der Waals surface area contributed by atoms with Crippen LogP contribution in [0.15, 0.2) is 18.2 Å². The number of aliphatic hydroxyl groups is 1. The van der Waals surface area contributed by atoms with Crippen LogP contribution in [-0.2, 0) is 0 Å². The fourth-order valence-corrected chi connectivity index (χ4v) is 2.04. The second kappa shape index (κ2) is 8.15. The zero-order valence-corrected chi connectivity index (χ0v) is 13.6. The molecule has 0 aromatic heterocycles. The lowest BCUT2D eigenvalue weighted by Gasteiger charge is -2.16. The number of carbonyl (C=O) groups is 1. The summed E-state index contributed by atoms with van der Waals surface area (Å²) in [6, 6.07) is 3.65. The van der Waals surface area contributed by atoms with Gasteiger partial charge >= 0.3 is 6.03 Å². The van der Waals surface area contributed by atoms with Gasteiger partial charge in [-0.05, 0) is 43.2 Å². The first-order valence-corrected chi connectivity index (χ1v) is 8.11. The number of hydrogen-bond acceptors (Lipinski definition) is 3. The first-order valence-electron chi connectivity index (χ1n) is 8.11. The number of carbonyl (C=O) groups excluding carboxylic acids is 1. The fourth-order valence-electron chi connectivity index (χ4n) is 2.04. The number of benzene rings is 1. The Bertz CT molecular complexity index is 533. The molecular formula is C17H25FN2O3.